The molecule has 0 unspecified atom stereocenters. The van der Waals surface area contributed by atoms with Crippen LogP contribution < -0.4 is 11.1 Å². The van der Waals surface area contributed by atoms with Gasteiger partial charge in [-0.2, -0.15) is 0 Å². The molecular formula is C8H9ClN2O2S. The molecule has 4 nitrogen and oxygen atoms in total. The number of thiophene rings is 1. The predicted octanol–water partition coefficient (Wildman–Crippen LogP) is 1.01. The van der Waals surface area contributed by atoms with Gasteiger partial charge >= 0.3 is 0 Å². The average molecular weight is 233 g/mol. The van der Waals surface area contributed by atoms with E-state index in [-0.39, 0.29) is 18.9 Å². The zero-order chi connectivity index (χ0) is 10.6. The van der Waals surface area contributed by atoms with Gasteiger partial charge in [0.1, 0.15) is 4.34 Å². The number of carbonyl (C=O) groups excluding carboxylic acids is 2. The third-order valence-corrected chi connectivity index (χ3v) is 2.69. The third-order valence-electron chi connectivity index (χ3n) is 1.52. The summed E-state index contributed by atoms with van der Waals surface area (Å²) in [5.41, 5.74) is 5.34. The Kier molecular flexibility index (Phi) is 3.91. The van der Waals surface area contributed by atoms with Crippen LogP contribution in [0, 0.1) is 0 Å². The van der Waals surface area contributed by atoms with Crippen LogP contribution in [0.4, 0.5) is 0 Å². The summed E-state index contributed by atoms with van der Waals surface area (Å²) >= 11 is 7.03. The molecule has 0 aliphatic heterocycles. The number of hydrogen-bond acceptors (Lipinski definition) is 3. The number of nitrogens with two attached hydrogens (primary N) is 1. The second-order valence-electron chi connectivity index (χ2n) is 2.58. The molecule has 1 aromatic rings. The van der Waals surface area contributed by atoms with Crippen molar-refractivity contribution in [3.05, 3.63) is 21.3 Å². The highest BCUT2D eigenvalue weighted by atomic mass is 35.5. The summed E-state index contributed by atoms with van der Waals surface area (Å²) in [7, 11) is 0. The van der Waals surface area contributed by atoms with Gasteiger partial charge in [0, 0.05) is 13.0 Å². The van der Waals surface area contributed by atoms with Gasteiger partial charge in [-0.25, -0.2) is 0 Å². The molecule has 14 heavy (non-hydrogen) atoms. The number of hydrogen-bond donors (Lipinski definition) is 2. The van der Waals surface area contributed by atoms with Crippen LogP contribution in [-0.2, 0) is 4.79 Å². The average Bonchev–Trinajstić information content (AvgIpc) is 2.50. The molecule has 1 rings (SSSR count). The summed E-state index contributed by atoms with van der Waals surface area (Å²) in [4.78, 5) is 21.7. The van der Waals surface area contributed by atoms with Gasteiger partial charge in [0.05, 0.1) is 5.56 Å². The molecule has 0 saturated heterocycles. The Labute approximate surface area is 90.0 Å². The summed E-state index contributed by atoms with van der Waals surface area (Å²) in [6.07, 6.45) is 0.132. The number of carbonyl (C=O) groups is 2. The predicted molar refractivity (Wildman–Crippen MR) is 55.5 cm³/mol. The van der Waals surface area contributed by atoms with Crippen molar-refractivity contribution in [3.63, 3.8) is 0 Å². The van der Waals surface area contributed by atoms with Gasteiger partial charge in [0.2, 0.25) is 5.91 Å². The quantitative estimate of drug-likeness (QED) is 0.813. The zero-order valence-corrected chi connectivity index (χ0v) is 8.82. The topological polar surface area (TPSA) is 72.2 Å². The minimum absolute atomic E-state index is 0.132. The molecule has 0 saturated carbocycles. The lowest BCUT2D eigenvalue weighted by atomic mass is 10.3. The van der Waals surface area contributed by atoms with Crippen molar-refractivity contribution in [2.45, 2.75) is 6.42 Å². The molecule has 0 spiro atoms. The van der Waals surface area contributed by atoms with Crippen LogP contribution in [0.15, 0.2) is 11.4 Å². The Bertz CT molecular complexity index is 351. The second-order valence-corrected chi connectivity index (χ2v) is 4.10. The maximum Gasteiger partial charge on any atom is 0.253 e. The molecule has 0 fully saturated rings. The first-order valence-corrected chi connectivity index (χ1v) is 5.16. The van der Waals surface area contributed by atoms with Crippen LogP contribution in [0.5, 0.6) is 0 Å². The first kappa shape index (κ1) is 11.0. The smallest absolute Gasteiger partial charge is 0.253 e. The van der Waals surface area contributed by atoms with Gasteiger partial charge in [0.25, 0.3) is 5.91 Å². The van der Waals surface area contributed by atoms with Crippen molar-refractivity contribution in [2.24, 2.45) is 5.73 Å². The van der Waals surface area contributed by atoms with Crippen molar-refractivity contribution in [1.82, 2.24) is 5.32 Å². The number of nitrogens with one attached hydrogen (secondary N) is 1. The van der Waals surface area contributed by atoms with Crippen molar-refractivity contribution < 1.29 is 9.59 Å². The Morgan fingerprint density at radius 2 is 2.29 bits per heavy atom. The fourth-order valence-electron chi connectivity index (χ4n) is 0.850. The molecule has 0 atom stereocenters. The van der Waals surface area contributed by atoms with Gasteiger partial charge in [-0.15, -0.1) is 11.3 Å². The van der Waals surface area contributed by atoms with Gasteiger partial charge in [-0.1, -0.05) is 11.6 Å². The zero-order valence-electron chi connectivity index (χ0n) is 7.25. The molecule has 1 aromatic heterocycles. The molecule has 2 amide bonds. The largest absolute Gasteiger partial charge is 0.370 e. The lowest BCUT2D eigenvalue weighted by Crippen LogP contribution is -2.27. The Balaban J connectivity index is 2.44. The highest BCUT2D eigenvalue weighted by Crippen LogP contribution is 2.22. The first-order chi connectivity index (χ1) is 6.61. The normalized spacial score (nSPS) is 9.79. The number of primary amides is 1. The highest BCUT2D eigenvalue weighted by molar-refractivity contribution is 7.14. The van der Waals surface area contributed by atoms with Crippen LogP contribution >= 0.6 is 22.9 Å². The van der Waals surface area contributed by atoms with Crippen molar-refractivity contribution >= 4 is 34.8 Å². The Morgan fingerprint density at radius 1 is 1.57 bits per heavy atom. The number of halogens is 1. The molecule has 6 heteroatoms. The maximum atomic E-state index is 11.4. The van der Waals surface area contributed by atoms with E-state index < -0.39 is 5.91 Å². The molecule has 0 bridgehead atoms. The molecule has 0 aromatic carbocycles. The van der Waals surface area contributed by atoms with Gasteiger partial charge in [-0.3, -0.25) is 9.59 Å². The van der Waals surface area contributed by atoms with Crippen molar-refractivity contribution in [2.75, 3.05) is 6.54 Å². The van der Waals surface area contributed by atoms with Crippen LogP contribution in [0.2, 0.25) is 4.34 Å². The van der Waals surface area contributed by atoms with E-state index >= 15 is 0 Å². The highest BCUT2D eigenvalue weighted by Gasteiger charge is 2.10. The standard InChI is InChI=1S/C8H9ClN2O2S/c9-7-5(2-4-14-7)8(13)11-3-1-6(10)12/h2,4H,1,3H2,(H2,10,12)(H,11,13). The van der Waals surface area contributed by atoms with E-state index in [9.17, 15) is 9.59 Å². The van der Waals surface area contributed by atoms with Crippen LogP contribution in [0.25, 0.3) is 0 Å². The molecule has 0 radical (unpaired) electrons. The fourth-order valence-corrected chi connectivity index (χ4v) is 1.76. The Morgan fingerprint density at radius 3 is 2.79 bits per heavy atom. The van der Waals surface area contributed by atoms with E-state index in [0.29, 0.717) is 9.90 Å². The van der Waals surface area contributed by atoms with Crippen LogP contribution in [0.1, 0.15) is 16.8 Å². The van der Waals surface area contributed by atoms with E-state index in [1.54, 1.807) is 11.4 Å². The summed E-state index contributed by atoms with van der Waals surface area (Å²) in [5, 5.41) is 4.27. The molecular weight excluding hydrogens is 224 g/mol. The summed E-state index contributed by atoms with van der Waals surface area (Å²) < 4.78 is 0.446. The summed E-state index contributed by atoms with van der Waals surface area (Å²) in [6.45, 7) is 0.236. The minimum atomic E-state index is -0.443. The van der Waals surface area contributed by atoms with Gasteiger partial charge < -0.3 is 11.1 Å². The Hall–Kier alpha value is -1.07. The molecule has 1 heterocycles. The van der Waals surface area contributed by atoms with Crippen LogP contribution in [-0.4, -0.2) is 18.4 Å². The van der Waals surface area contributed by atoms with E-state index in [2.05, 4.69) is 5.32 Å². The number of rotatable bonds is 4. The lowest BCUT2D eigenvalue weighted by Gasteiger charge is -2.01. The van der Waals surface area contributed by atoms with Gasteiger partial charge in [0.15, 0.2) is 0 Å². The molecule has 0 aliphatic carbocycles. The molecule has 0 aliphatic rings. The fraction of sp³-hybridized carbons (Fsp3) is 0.250. The second kappa shape index (κ2) is 4.97. The summed E-state index contributed by atoms with van der Waals surface area (Å²) in [5.74, 6) is -0.723. The van der Waals surface area contributed by atoms with Gasteiger partial charge in [-0.05, 0) is 11.4 Å². The van der Waals surface area contributed by atoms with E-state index in [0.717, 1.165) is 0 Å². The van der Waals surface area contributed by atoms with E-state index in [4.69, 9.17) is 17.3 Å². The van der Waals surface area contributed by atoms with E-state index in [1.165, 1.54) is 11.3 Å². The SMILES string of the molecule is NC(=O)CCNC(=O)c1ccsc1Cl. The summed E-state index contributed by atoms with van der Waals surface area (Å²) in [6, 6.07) is 1.63. The van der Waals surface area contributed by atoms with E-state index in [1.807, 2.05) is 0 Å². The number of amides is 2. The third kappa shape index (κ3) is 3.01. The first-order valence-electron chi connectivity index (χ1n) is 3.90. The minimum Gasteiger partial charge on any atom is -0.370 e. The van der Waals surface area contributed by atoms with Crippen molar-refractivity contribution in [1.29, 1.82) is 0 Å². The van der Waals surface area contributed by atoms with Crippen molar-refractivity contribution in [3.8, 4) is 0 Å². The molecule has 76 valence electrons. The maximum absolute atomic E-state index is 11.4. The lowest BCUT2D eigenvalue weighted by molar-refractivity contribution is -0.117. The monoisotopic (exact) mass is 232 g/mol. The molecule has 3 N–H and O–H groups in total. The van der Waals surface area contributed by atoms with Crippen LogP contribution in [0.3, 0.4) is 0 Å².